The van der Waals surface area contributed by atoms with E-state index in [1.54, 1.807) is 14.2 Å². The smallest absolute Gasteiger partial charge is 0.336 e. The van der Waals surface area contributed by atoms with Crippen LogP contribution in [0.1, 0.15) is 62.1 Å². The van der Waals surface area contributed by atoms with Crippen LogP contribution in [-0.2, 0) is 20.9 Å². The Bertz CT molecular complexity index is 1550. The summed E-state index contributed by atoms with van der Waals surface area (Å²) >= 11 is 0. The van der Waals surface area contributed by atoms with E-state index in [0.29, 0.717) is 60.1 Å². The molecular weight excluding hydrogens is 542 g/mol. The Morgan fingerprint density at radius 3 is 2.40 bits per heavy atom. The Morgan fingerprint density at radius 1 is 0.907 bits per heavy atom. The maximum absolute atomic E-state index is 14.1. The van der Waals surface area contributed by atoms with Crippen molar-refractivity contribution in [2.75, 3.05) is 20.8 Å². The van der Waals surface area contributed by atoms with E-state index in [9.17, 15) is 9.59 Å². The number of rotatable bonds is 10. The molecule has 43 heavy (non-hydrogen) atoms. The highest BCUT2D eigenvalue weighted by atomic mass is 16.5. The van der Waals surface area contributed by atoms with Gasteiger partial charge in [0, 0.05) is 29.3 Å². The van der Waals surface area contributed by atoms with Crippen LogP contribution in [0.25, 0.3) is 0 Å². The van der Waals surface area contributed by atoms with Gasteiger partial charge in [-0.1, -0.05) is 62.4 Å². The lowest BCUT2D eigenvalue weighted by molar-refractivity contribution is -0.140. The van der Waals surface area contributed by atoms with Crippen molar-refractivity contribution in [3.63, 3.8) is 0 Å². The molecule has 1 heterocycles. The van der Waals surface area contributed by atoms with Crippen LogP contribution >= 0.6 is 0 Å². The van der Waals surface area contributed by atoms with Crippen LogP contribution in [0.2, 0.25) is 0 Å². The summed E-state index contributed by atoms with van der Waals surface area (Å²) in [5, 5.41) is 3.43. The molecule has 0 amide bonds. The number of ketones is 1. The third-order valence-electron chi connectivity index (χ3n) is 7.91. The summed E-state index contributed by atoms with van der Waals surface area (Å²) in [4.78, 5) is 27.6. The van der Waals surface area contributed by atoms with Crippen LogP contribution in [-0.4, -0.2) is 32.6 Å². The van der Waals surface area contributed by atoms with Crippen molar-refractivity contribution in [1.82, 2.24) is 5.32 Å². The maximum Gasteiger partial charge on any atom is 0.336 e. The molecule has 0 aromatic heterocycles. The normalized spacial score (nSPS) is 18.2. The van der Waals surface area contributed by atoms with Gasteiger partial charge in [-0.3, -0.25) is 4.79 Å². The van der Waals surface area contributed by atoms with E-state index >= 15 is 0 Å². The minimum absolute atomic E-state index is 0.00389. The quantitative estimate of drug-likeness (QED) is 0.262. The molecule has 7 nitrogen and oxygen atoms in total. The van der Waals surface area contributed by atoms with Gasteiger partial charge in [0.2, 0.25) is 0 Å². The Labute approximate surface area is 253 Å². The molecule has 7 heteroatoms. The molecule has 2 unspecified atom stereocenters. The van der Waals surface area contributed by atoms with Gasteiger partial charge in [-0.05, 0) is 66.1 Å². The topological polar surface area (TPSA) is 83.1 Å². The van der Waals surface area contributed by atoms with E-state index < -0.39 is 11.9 Å². The fourth-order valence-electron chi connectivity index (χ4n) is 5.83. The Kier molecular flexibility index (Phi) is 9.19. The molecule has 1 aliphatic carbocycles. The van der Waals surface area contributed by atoms with E-state index in [0.717, 1.165) is 22.4 Å². The maximum atomic E-state index is 14.1. The first-order valence-electron chi connectivity index (χ1n) is 14.7. The molecule has 0 spiro atoms. The number of hydrogen-bond donors (Lipinski definition) is 1. The van der Waals surface area contributed by atoms with Gasteiger partial charge < -0.3 is 24.3 Å². The van der Waals surface area contributed by atoms with Crippen molar-refractivity contribution < 1.29 is 28.5 Å². The van der Waals surface area contributed by atoms with E-state index in [1.165, 1.54) is 0 Å². The molecule has 5 rings (SSSR count). The number of carbonyl (C=O) groups is 2. The highest BCUT2D eigenvalue weighted by Crippen LogP contribution is 2.47. The predicted octanol–water partition coefficient (Wildman–Crippen LogP) is 6.84. The number of ether oxygens (including phenoxy) is 4. The van der Waals surface area contributed by atoms with Crippen molar-refractivity contribution in [2.24, 2.45) is 5.92 Å². The minimum Gasteiger partial charge on any atom is -0.493 e. The molecule has 3 aromatic carbocycles. The number of nitrogens with one attached hydrogen (secondary N) is 1. The standard InChI is InChI=1S/C36H39NO6/c1-22(2)20-43-36(39)33-23(3)37-29-17-27(25-14-15-31(40-4)32(19-25)41-5)18-30(38)35(29)34(33)26-12-9-13-28(16-26)42-21-24-10-7-6-8-11-24/h6-16,19,22,27,34,37H,17-18,20-21H2,1-5H3. The van der Waals surface area contributed by atoms with Gasteiger partial charge in [-0.25, -0.2) is 4.79 Å². The van der Waals surface area contributed by atoms with Crippen molar-refractivity contribution >= 4 is 11.8 Å². The number of Topliss-reactive ketones (excluding diaryl/α,β-unsaturated/α-hetero) is 1. The van der Waals surface area contributed by atoms with Crippen molar-refractivity contribution in [3.05, 3.63) is 112 Å². The monoisotopic (exact) mass is 581 g/mol. The van der Waals surface area contributed by atoms with Gasteiger partial charge in [-0.2, -0.15) is 0 Å². The van der Waals surface area contributed by atoms with Crippen LogP contribution in [0.4, 0.5) is 0 Å². The molecule has 0 saturated heterocycles. The summed E-state index contributed by atoms with van der Waals surface area (Å²) in [6.45, 7) is 6.58. The molecule has 3 aromatic rings. The third-order valence-corrected chi connectivity index (χ3v) is 7.91. The number of carbonyl (C=O) groups excluding carboxylic acids is 2. The highest BCUT2D eigenvalue weighted by Gasteiger charge is 2.41. The third kappa shape index (κ3) is 6.61. The van der Waals surface area contributed by atoms with Crippen LogP contribution in [0.15, 0.2) is 95.3 Å². The van der Waals surface area contributed by atoms with Crippen molar-refractivity contribution in [1.29, 1.82) is 0 Å². The summed E-state index contributed by atoms with van der Waals surface area (Å²) < 4.78 is 22.8. The van der Waals surface area contributed by atoms with E-state index in [1.807, 2.05) is 93.6 Å². The van der Waals surface area contributed by atoms with E-state index in [-0.39, 0.29) is 17.6 Å². The second kappa shape index (κ2) is 13.2. The minimum atomic E-state index is -0.574. The van der Waals surface area contributed by atoms with Crippen LogP contribution in [0.5, 0.6) is 17.2 Å². The van der Waals surface area contributed by atoms with E-state index in [4.69, 9.17) is 18.9 Å². The SMILES string of the molecule is COc1ccc(C2CC(=O)C3=C(C2)NC(C)=C(C(=O)OCC(C)C)C3c2cccc(OCc3ccccc3)c2)cc1OC. The van der Waals surface area contributed by atoms with Crippen molar-refractivity contribution in [3.8, 4) is 17.2 Å². The average molecular weight is 582 g/mol. The van der Waals surface area contributed by atoms with E-state index in [2.05, 4.69) is 5.32 Å². The van der Waals surface area contributed by atoms with Crippen LogP contribution < -0.4 is 19.5 Å². The molecule has 0 radical (unpaired) electrons. The fraction of sp³-hybridized carbons (Fsp3) is 0.333. The lowest BCUT2D eigenvalue weighted by Gasteiger charge is -2.37. The number of benzene rings is 3. The molecule has 0 saturated carbocycles. The molecule has 1 N–H and O–H groups in total. The zero-order chi connectivity index (χ0) is 30.5. The summed E-state index contributed by atoms with van der Waals surface area (Å²) in [5.41, 5.74) is 5.45. The lowest BCUT2D eigenvalue weighted by Crippen LogP contribution is -2.36. The number of dihydropyridines is 1. The first-order valence-corrected chi connectivity index (χ1v) is 14.7. The number of methoxy groups -OCH3 is 2. The predicted molar refractivity (Wildman–Crippen MR) is 165 cm³/mol. The van der Waals surface area contributed by atoms with Gasteiger partial charge in [0.1, 0.15) is 12.4 Å². The zero-order valence-electron chi connectivity index (χ0n) is 25.4. The first kappa shape index (κ1) is 30.0. The summed E-state index contributed by atoms with van der Waals surface area (Å²) in [5.74, 6) is 1.07. The summed E-state index contributed by atoms with van der Waals surface area (Å²) in [6, 6.07) is 23.4. The second-order valence-electron chi connectivity index (χ2n) is 11.5. The molecule has 0 fully saturated rings. The van der Waals surface area contributed by atoms with Crippen LogP contribution in [0, 0.1) is 5.92 Å². The number of hydrogen-bond acceptors (Lipinski definition) is 7. The lowest BCUT2D eigenvalue weighted by atomic mass is 9.71. The average Bonchev–Trinajstić information content (AvgIpc) is 3.02. The summed E-state index contributed by atoms with van der Waals surface area (Å²) in [6.07, 6.45) is 0.924. The van der Waals surface area contributed by atoms with Gasteiger partial charge >= 0.3 is 5.97 Å². The zero-order valence-corrected chi connectivity index (χ0v) is 25.4. The Balaban J connectivity index is 1.51. The first-order chi connectivity index (χ1) is 20.8. The largest absolute Gasteiger partial charge is 0.493 e. The van der Waals surface area contributed by atoms with Gasteiger partial charge in [0.05, 0.1) is 26.4 Å². The summed E-state index contributed by atoms with van der Waals surface area (Å²) in [7, 11) is 3.21. The molecular formula is C36H39NO6. The fourth-order valence-corrected chi connectivity index (χ4v) is 5.83. The second-order valence-corrected chi connectivity index (χ2v) is 11.5. The molecule has 0 bridgehead atoms. The number of allylic oxidation sites excluding steroid dienone is 3. The molecule has 2 atom stereocenters. The highest BCUT2D eigenvalue weighted by molar-refractivity contribution is 6.04. The molecule has 224 valence electrons. The van der Waals surface area contributed by atoms with Crippen molar-refractivity contribution in [2.45, 2.75) is 52.1 Å². The van der Waals surface area contributed by atoms with Gasteiger partial charge in [0.25, 0.3) is 0 Å². The Morgan fingerprint density at radius 2 is 1.67 bits per heavy atom. The Hall–Kier alpha value is -4.52. The van der Waals surface area contributed by atoms with Gasteiger partial charge in [-0.15, -0.1) is 0 Å². The number of esters is 1. The molecule has 1 aliphatic heterocycles. The van der Waals surface area contributed by atoms with Gasteiger partial charge in [0.15, 0.2) is 17.3 Å². The van der Waals surface area contributed by atoms with Crippen LogP contribution in [0.3, 0.4) is 0 Å². The molecule has 2 aliphatic rings.